The van der Waals surface area contributed by atoms with Crippen molar-refractivity contribution in [1.29, 1.82) is 0 Å². The zero-order chi connectivity index (χ0) is 19.1. The van der Waals surface area contributed by atoms with Gasteiger partial charge in [0.1, 0.15) is 11.3 Å². The lowest BCUT2D eigenvalue weighted by atomic mass is 9.80. The molecule has 0 spiro atoms. The van der Waals surface area contributed by atoms with E-state index < -0.39 is 23.3 Å². The number of amides is 1. The van der Waals surface area contributed by atoms with E-state index in [1.807, 2.05) is 19.1 Å². The van der Waals surface area contributed by atoms with E-state index in [-0.39, 0.29) is 17.5 Å². The van der Waals surface area contributed by atoms with Crippen LogP contribution in [-0.4, -0.2) is 10.9 Å². The molecule has 138 valence electrons. The molecule has 2 unspecified atom stereocenters. The summed E-state index contributed by atoms with van der Waals surface area (Å²) in [6, 6.07) is 6.64. The second-order valence-electron chi connectivity index (χ2n) is 6.42. The minimum atomic E-state index is -4.68. The monoisotopic (exact) mass is 384 g/mol. The van der Waals surface area contributed by atoms with Gasteiger partial charge in [-0.25, -0.2) is 0 Å². The summed E-state index contributed by atoms with van der Waals surface area (Å²) >= 11 is 6.01. The predicted octanol–water partition coefficient (Wildman–Crippen LogP) is 4.10. The van der Waals surface area contributed by atoms with Gasteiger partial charge < -0.3 is 10.3 Å². The molecule has 26 heavy (non-hydrogen) atoms. The van der Waals surface area contributed by atoms with Crippen molar-refractivity contribution in [3.63, 3.8) is 0 Å². The van der Waals surface area contributed by atoms with Gasteiger partial charge in [-0.2, -0.15) is 13.2 Å². The minimum absolute atomic E-state index is 0.112. The first-order valence-electron chi connectivity index (χ1n) is 8.06. The van der Waals surface area contributed by atoms with Crippen LogP contribution in [0.15, 0.2) is 35.1 Å². The van der Waals surface area contributed by atoms with Crippen LogP contribution in [0.1, 0.15) is 46.6 Å². The van der Waals surface area contributed by atoms with E-state index in [2.05, 4.69) is 5.32 Å². The number of aromatic nitrogens is 1. The largest absolute Gasteiger partial charge is 0.431 e. The molecule has 0 fully saturated rings. The number of rotatable bonds is 2. The highest BCUT2D eigenvalue weighted by molar-refractivity contribution is 6.30. The summed E-state index contributed by atoms with van der Waals surface area (Å²) in [6.45, 7) is 1.97. The number of pyridine rings is 1. The lowest BCUT2D eigenvalue weighted by molar-refractivity contribution is -0.141. The van der Waals surface area contributed by atoms with Crippen molar-refractivity contribution in [2.45, 2.75) is 32.0 Å². The first kappa shape index (κ1) is 18.5. The molecule has 1 amide bonds. The first-order chi connectivity index (χ1) is 12.2. The maximum absolute atomic E-state index is 12.6. The zero-order valence-electron chi connectivity index (χ0n) is 13.8. The Morgan fingerprint density at radius 2 is 2.00 bits per heavy atom. The Labute approximate surface area is 152 Å². The number of hydrogen-bond donors (Lipinski definition) is 2. The average molecular weight is 385 g/mol. The molecule has 2 atom stereocenters. The van der Waals surface area contributed by atoms with E-state index >= 15 is 0 Å². The minimum Gasteiger partial charge on any atom is -0.345 e. The summed E-state index contributed by atoms with van der Waals surface area (Å²) in [5.74, 6) is -0.597. The maximum Gasteiger partial charge on any atom is 0.431 e. The molecule has 4 nitrogen and oxygen atoms in total. The Morgan fingerprint density at radius 1 is 1.27 bits per heavy atom. The Hall–Kier alpha value is -2.28. The second kappa shape index (κ2) is 6.79. The number of alkyl halides is 3. The van der Waals surface area contributed by atoms with Crippen molar-refractivity contribution >= 4 is 17.5 Å². The van der Waals surface area contributed by atoms with Crippen LogP contribution in [0, 0.1) is 5.92 Å². The molecule has 1 aromatic heterocycles. The summed E-state index contributed by atoms with van der Waals surface area (Å²) in [5.41, 5.74) is -0.694. The number of halogens is 4. The fourth-order valence-corrected chi connectivity index (χ4v) is 3.40. The van der Waals surface area contributed by atoms with Crippen molar-refractivity contribution in [2.75, 3.05) is 0 Å². The van der Waals surface area contributed by atoms with Crippen LogP contribution < -0.4 is 10.9 Å². The number of fused-ring (bicyclic) bond motifs is 1. The molecule has 2 N–H and O–H groups in total. The predicted molar refractivity (Wildman–Crippen MR) is 91.2 cm³/mol. The summed E-state index contributed by atoms with van der Waals surface area (Å²) in [6.07, 6.45) is -3.03. The molecule has 3 rings (SSSR count). The van der Waals surface area contributed by atoms with Crippen molar-refractivity contribution in [3.05, 3.63) is 68.1 Å². The molecule has 0 saturated heterocycles. The molecule has 0 radical (unpaired) electrons. The number of benzene rings is 1. The van der Waals surface area contributed by atoms with Gasteiger partial charge in [0.15, 0.2) is 0 Å². The van der Waals surface area contributed by atoms with Crippen LogP contribution in [0.2, 0.25) is 5.02 Å². The zero-order valence-corrected chi connectivity index (χ0v) is 14.5. The van der Waals surface area contributed by atoms with Gasteiger partial charge in [0, 0.05) is 5.02 Å². The number of hydrogen-bond acceptors (Lipinski definition) is 2. The number of nitrogens with one attached hydrogen (secondary N) is 2. The van der Waals surface area contributed by atoms with Gasteiger partial charge in [0.2, 0.25) is 0 Å². The van der Waals surface area contributed by atoms with Crippen LogP contribution in [0.4, 0.5) is 13.2 Å². The second-order valence-corrected chi connectivity index (χ2v) is 6.86. The Kier molecular flexibility index (Phi) is 4.84. The van der Waals surface area contributed by atoms with Gasteiger partial charge in [0.25, 0.3) is 11.5 Å². The molecular formula is C18H16ClF3N2O2. The lowest BCUT2D eigenvalue weighted by Gasteiger charge is -2.32. The molecule has 0 saturated carbocycles. The Balaban J connectivity index is 1.88. The quantitative estimate of drug-likeness (QED) is 0.818. The van der Waals surface area contributed by atoms with Crippen LogP contribution >= 0.6 is 11.6 Å². The van der Waals surface area contributed by atoms with E-state index in [0.29, 0.717) is 11.1 Å². The van der Waals surface area contributed by atoms with Crippen molar-refractivity contribution in [2.24, 2.45) is 5.92 Å². The van der Waals surface area contributed by atoms with Gasteiger partial charge in [-0.05, 0) is 54.2 Å². The maximum atomic E-state index is 12.6. The van der Waals surface area contributed by atoms with Crippen LogP contribution in [0.25, 0.3) is 0 Å². The van der Waals surface area contributed by atoms with E-state index in [1.54, 1.807) is 11.1 Å². The third-order valence-corrected chi connectivity index (χ3v) is 4.86. The summed E-state index contributed by atoms with van der Waals surface area (Å²) in [4.78, 5) is 26.1. The van der Waals surface area contributed by atoms with Gasteiger partial charge in [0.05, 0.1) is 6.04 Å². The highest BCUT2D eigenvalue weighted by atomic mass is 35.5. The number of carbonyl (C=O) groups excluding carboxylic acids is 1. The third-order valence-electron chi connectivity index (χ3n) is 4.62. The summed E-state index contributed by atoms with van der Waals surface area (Å²) < 4.78 is 37.9. The fourth-order valence-electron chi connectivity index (χ4n) is 3.21. The van der Waals surface area contributed by atoms with Crippen molar-refractivity contribution < 1.29 is 18.0 Å². The summed E-state index contributed by atoms with van der Waals surface area (Å²) in [5, 5.41) is 3.38. The van der Waals surface area contributed by atoms with Crippen LogP contribution in [0.5, 0.6) is 0 Å². The molecule has 8 heteroatoms. The van der Waals surface area contributed by atoms with E-state index in [1.165, 1.54) is 0 Å². The topological polar surface area (TPSA) is 62.0 Å². The van der Waals surface area contributed by atoms with E-state index in [4.69, 9.17) is 11.6 Å². The number of carbonyl (C=O) groups is 1. The van der Waals surface area contributed by atoms with Crippen LogP contribution in [-0.2, 0) is 12.6 Å². The molecule has 1 heterocycles. The lowest BCUT2D eigenvalue weighted by Crippen LogP contribution is -2.38. The van der Waals surface area contributed by atoms with Crippen LogP contribution in [0.3, 0.4) is 0 Å². The fraction of sp³-hybridized carbons (Fsp3) is 0.333. The SMILES string of the molecule is CC1CCc2cc(Cl)ccc2C1NC(=O)c1ccc(C(F)(F)F)[nH]c1=O. The Bertz CT molecular complexity index is 908. The molecule has 1 aromatic carbocycles. The third kappa shape index (κ3) is 3.62. The highest BCUT2D eigenvalue weighted by Crippen LogP contribution is 2.35. The highest BCUT2D eigenvalue weighted by Gasteiger charge is 2.33. The molecule has 0 bridgehead atoms. The first-order valence-corrected chi connectivity index (χ1v) is 8.44. The smallest absolute Gasteiger partial charge is 0.345 e. The number of aromatic amines is 1. The average Bonchev–Trinajstić information content (AvgIpc) is 2.56. The van der Waals surface area contributed by atoms with E-state index in [0.717, 1.165) is 30.0 Å². The number of aryl methyl sites for hydroxylation is 1. The molecule has 0 aliphatic heterocycles. The van der Waals surface area contributed by atoms with Gasteiger partial charge in [-0.1, -0.05) is 24.6 Å². The molecule has 2 aromatic rings. The van der Waals surface area contributed by atoms with Gasteiger partial charge >= 0.3 is 6.18 Å². The normalized spacial score (nSPS) is 19.7. The standard InChI is InChI=1S/C18H16ClF3N2O2/c1-9-2-3-10-8-11(19)4-5-12(10)15(9)24-17(26)13-6-7-14(18(20,21)22)23-16(13)25/h4-9,15H,2-3H2,1H3,(H,23,25)(H,24,26). The molecule has 1 aliphatic rings. The Morgan fingerprint density at radius 3 is 2.65 bits per heavy atom. The van der Waals surface area contributed by atoms with Crippen molar-refractivity contribution in [1.82, 2.24) is 10.3 Å². The summed E-state index contributed by atoms with van der Waals surface area (Å²) in [7, 11) is 0. The van der Waals surface area contributed by atoms with Gasteiger partial charge in [-0.15, -0.1) is 0 Å². The molecule has 1 aliphatic carbocycles. The number of H-pyrrole nitrogens is 1. The molecular weight excluding hydrogens is 369 g/mol. The van der Waals surface area contributed by atoms with Gasteiger partial charge in [-0.3, -0.25) is 9.59 Å². The van der Waals surface area contributed by atoms with Crippen molar-refractivity contribution in [3.8, 4) is 0 Å². The van der Waals surface area contributed by atoms with E-state index in [9.17, 15) is 22.8 Å².